The third-order valence-electron chi connectivity index (χ3n) is 5.69. The van der Waals surface area contributed by atoms with Gasteiger partial charge in [0.25, 0.3) is 5.91 Å². The van der Waals surface area contributed by atoms with E-state index in [9.17, 15) is 13.2 Å². The third-order valence-corrected chi connectivity index (χ3v) is 7.58. The normalized spacial score (nSPS) is 15.8. The van der Waals surface area contributed by atoms with Crippen LogP contribution in [0.3, 0.4) is 0 Å². The molecule has 1 heterocycles. The lowest BCUT2D eigenvalue weighted by Gasteiger charge is -2.22. The van der Waals surface area contributed by atoms with Crippen molar-refractivity contribution >= 4 is 15.9 Å². The Bertz CT molecular complexity index is 1010. The smallest absolute Gasteiger partial charge is 0.252 e. The second-order valence-corrected chi connectivity index (χ2v) is 10.5. The summed E-state index contributed by atoms with van der Waals surface area (Å²) < 4.78 is 32.6. The first-order chi connectivity index (χ1) is 14.7. The first-order valence-corrected chi connectivity index (χ1v) is 12.2. The second-order valence-electron chi connectivity index (χ2n) is 8.52. The molecule has 1 aliphatic heterocycles. The molecule has 2 aromatic rings. The maximum atomic E-state index is 13.2. The van der Waals surface area contributed by atoms with Crippen molar-refractivity contribution in [3.63, 3.8) is 0 Å². The maximum Gasteiger partial charge on any atom is 0.252 e. The highest BCUT2D eigenvalue weighted by atomic mass is 32.2. The van der Waals surface area contributed by atoms with Crippen LogP contribution < -0.4 is 10.1 Å². The van der Waals surface area contributed by atoms with Crippen molar-refractivity contribution < 1.29 is 17.9 Å². The van der Waals surface area contributed by atoms with Gasteiger partial charge in [0.2, 0.25) is 10.0 Å². The summed E-state index contributed by atoms with van der Waals surface area (Å²) in [6.45, 7) is 7.11. The number of nitrogens with one attached hydrogen (secondary N) is 1. The number of carbonyl (C=O) groups is 1. The number of hydrogen-bond acceptors (Lipinski definition) is 4. The van der Waals surface area contributed by atoms with E-state index < -0.39 is 10.0 Å². The van der Waals surface area contributed by atoms with Gasteiger partial charge in [-0.2, -0.15) is 4.31 Å². The molecule has 1 N–H and O–H groups in total. The predicted molar refractivity (Wildman–Crippen MR) is 122 cm³/mol. The van der Waals surface area contributed by atoms with E-state index in [1.54, 1.807) is 19.2 Å². The second kappa shape index (κ2) is 9.83. The minimum absolute atomic E-state index is 0.176. The van der Waals surface area contributed by atoms with Crippen molar-refractivity contribution in [2.24, 2.45) is 5.92 Å². The average molecular weight is 445 g/mol. The van der Waals surface area contributed by atoms with Crippen molar-refractivity contribution in [3.05, 3.63) is 59.2 Å². The van der Waals surface area contributed by atoms with Gasteiger partial charge in [0.05, 0.1) is 18.0 Å². The Hall–Kier alpha value is -2.38. The number of hydrogen-bond donors (Lipinski definition) is 1. The number of sulfonamides is 1. The standard InChI is InChI=1S/C24H32N2O4S/c1-17(2)15-23(19-8-10-20(30-4)11-9-19)25-24(27)22-16-21(12-7-18(22)3)31(28,29)26-13-5-6-14-26/h7-12,16-17,23H,5-6,13-15H2,1-4H3,(H,25,27)/t23-/m0/s1. The van der Waals surface area contributed by atoms with Gasteiger partial charge >= 0.3 is 0 Å². The molecule has 0 radical (unpaired) electrons. The molecule has 1 amide bonds. The molecule has 7 heteroatoms. The number of methoxy groups -OCH3 is 1. The number of benzene rings is 2. The van der Waals surface area contributed by atoms with E-state index in [0.717, 1.165) is 36.1 Å². The largest absolute Gasteiger partial charge is 0.497 e. The number of amides is 1. The van der Waals surface area contributed by atoms with E-state index in [1.165, 1.54) is 10.4 Å². The lowest BCUT2D eigenvalue weighted by Crippen LogP contribution is -2.31. The highest BCUT2D eigenvalue weighted by Crippen LogP contribution is 2.26. The molecule has 31 heavy (non-hydrogen) atoms. The van der Waals surface area contributed by atoms with Gasteiger partial charge in [-0.3, -0.25) is 4.79 Å². The first-order valence-electron chi connectivity index (χ1n) is 10.8. The summed E-state index contributed by atoms with van der Waals surface area (Å²) in [4.78, 5) is 13.4. The van der Waals surface area contributed by atoms with Crippen LogP contribution in [0.5, 0.6) is 5.75 Å². The highest BCUT2D eigenvalue weighted by molar-refractivity contribution is 7.89. The summed E-state index contributed by atoms with van der Waals surface area (Å²) in [5.41, 5.74) is 2.12. The minimum Gasteiger partial charge on any atom is -0.497 e. The van der Waals surface area contributed by atoms with Gasteiger partial charge in [-0.25, -0.2) is 8.42 Å². The Morgan fingerprint density at radius 2 is 1.74 bits per heavy atom. The Morgan fingerprint density at radius 3 is 2.32 bits per heavy atom. The van der Waals surface area contributed by atoms with Crippen molar-refractivity contribution in [3.8, 4) is 5.75 Å². The van der Waals surface area contributed by atoms with Crippen LogP contribution in [0.15, 0.2) is 47.4 Å². The monoisotopic (exact) mass is 444 g/mol. The molecular weight excluding hydrogens is 412 g/mol. The zero-order chi connectivity index (χ0) is 22.6. The lowest BCUT2D eigenvalue weighted by atomic mass is 9.96. The van der Waals surface area contributed by atoms with Crippen LogP contribution in [0.4, 0.5) is 0 Å². The first kappa shape index (κ1) is 23.3. The molecule has 0 saturated carbocycles. The van der Waals surface area contributed by atoms with E-state index in [1.807, 2.05) is 31.2 Å². The zero-order valence-corrected chi connectivity index (χ0v) is 19.5. The molecule has 0 aliphatic carbocycles. The predicted octanol–water partition coefficient (Wildman–Crippen LogP) is 4.31. The molecule has 0 spiro atoms. The lowest BCUT2D eigenvalue weighted by molar-refractivity contribution is 0.0931. The summed E-state index contributed by atoms with van der Waals surface area (Å²) in [5.74, 6) is 0.863. The summed E-state index contributed by atoms with van der Waals surface area (Å²) in [5, 5.41) is 3.12. The van der Waals surface area contributed by atoms with Crippen molar-refractivity contribution in [2.45, 2.75) is 51.0 Å². The highest BCUT2D eigenvalue weighted by Gasteiger charge is 2.28. The van der Waals surface area contributed by atoms with E-state index in [-0.39, 0.29) is 16.8 Å². The van der Waals surface area contributed by atoms with Crippen LogP contribution in [-0.4, -0.2) is 38.8 Å². The molecule has 0 bridgehead atoms. The van der Waals surface area contributed by atoms with Crippen LogP contribution in [0.2, 0.25) is 0 Å². The quantitative estimate of drug-likeness (QED) is 0.658. The van der Waals surface area contributed by atoms with E-state index in [2.05, 4.69) is 19.2 Å². The van der Waals surface area contributed by atoms with E-state index in [4.69, 9.17) is 4.74 Å². The average Bonchev–Trinajstić information content (AvgIpc) is 3.29. The number of ether oxygens (including phenoxy) is 1. The molecule has 0 unspecified atom stereocenters. The van der Waals surface area contributed by atoms with Crippen LogP contribution in [0.1, 0.15) is 60.6 Å². The van der Waals surface area contributed by atoms with Crippen LogP contribution >= 0.6 is 0 Å². The Labute approximate surface area is 185 Å². The number of aryl methyl sites for hydroxylation is 1. The molecule has 3 rings (SSSR count). The topological polar surface area (TPSA) is 75.7 Å². The zero-order valence-electron chi connectivity index (χ0n) is 18.7. The molecular formula is C24H32N2O4S. The molecule has 2 aromatic carbocycles. The molecule has 6 nitrogen and oxygen atoms in total. The van der Waals surface area contributed by atoms with Crippen LogP contribution in [-0.2, 0) is 10.0 Å². The summed E-state index contributed by atoms with van der Waals surface area (Å²) in [6, 6.07) is 12.3. The van der Waals surface area contributed by atoms with Gasteiger partial charge in [-0.15, -0.1) is 0 Å². The van der Waals surface area contributed by atoms with Crippen molar-refractivity contribution in [1.29, 1.82) is 0 Å². The summed E-state index contributed by atoms with van der Waals surface area (Å²) in [6.07, 6.45) is 2.51. The SMILES string of the molecule is COc1ccc([C@H](CC(C)C)NC(=O)c2cc(S(=O)(=O)N3CCCC3)ccc2C)cc1. The van der Waals surface area contributed by atoms with Crippen molar-refractivity contribution in [1.82, 2.24) is 9.62 Å². The van der Waals surface area contributed by atoms with Gasteiger partial charge in [0, 0.05) is 18.7 Å². The Morgan fingerprint density at radius 1 is 1.10 bits per heavy atom. The van der Waals surface area contributed by atoms with Crippen LogP contribution in [0.25, 0.3) is 0 Å². The fourth-order valence-corrected chi connectivity index (χ4v) is 5.45. The minimum atomic E-state index is -3.58. The summed E-state index contributed by atoms with van der Waals surface area (Å²) in [7, 11) is -1.96. The number of nitrogens with zero attached hydrogens (tertiary/aromatic N) is 1. The molecule has 0 aromatic heterocycles. The Kier molecular flexibility index (Phi) is 7.38. The molecule has 1 aliphatic rings. The number of carbonyl (C=O) groups excluding carboxylic acids is 1. The van der Waals surface area contributed by atoms with E-state index in [0.29, 0.717) is 24.6 Å². The van der Waals surface area contributed by atoms with Gasteiger partial charge in [0.15, 0.2) is 0 Å². The molecule has 1 saturated heterocycles. The molecule has 1 atom stereocenters. The van der Waals surface area contributed by atoms with Gasteiger partial charge in [-0.05, 0) is 67.5 Å². The molecule has 168 valence electrons. The van der Waals surface area contributed by atoms with Crippen LogP contribution in [0, 0.1) is 12.8 Å². The fraction of sp³-hybridized carbons (Fsp3) is 0.458. The third kappa shape index (κ3) is 5.46. The number of rotatable bonds is 8. The molecule has 1 fully saturated rings. The van der Waals surface area contributed by atoms with Crippen molar-refractivity contribution in [2.75, 3.05) is 20.2 Å². The van der Waals surface area contributed by atoms with Gasteiger partial charge in [0.1, 0.15) is 5.75 Å². The summed E-state index contributed by atoms with van der Waals surface area (Å²) >= 11 is 0. The van der Waals surface area contributed by atoms with Gasteiger partial charge < -0.3 is 10.1 Å². The maximum absolute atomic E-state index is 13.2. The van der Waals surface area contributed by atoms with Gasteiger partial charge in [-0.1, -0.05) is 32.0 Å². The van der Waals surface area contributed by atoms with E-state index >= 15 is 0 Å². The Balaban J connectivity index is 1.87. The fourth-order valence-electron chi connectivity index (χ4n) is 3.91.